The molecule has 12 heteroatoms. The van der Waals surface area contributed by atoms with E-state index in [1.807, 2.05) is 6.92 Å². The van der Waals surface area contributed by atoms with Gasteiger partial charge in [-0.3, -0.25) is 9.10 Å². The highest BCUT2D eigenvalue weighted by molar-refractivity contribution is 7.93. The quantitative estimate of drug-likeness (QED) is 0.373. The second-order valence-electron chi connectivity index (χ2n) is 7.05. The largest absolute Gasteiger partial charge is 0.490 e. The Morgan fingerprint density at radius 2 is 1.74 bits per heavy atom. The number of halogens is 1. The van der Waals surface area contributed by atoms with Crippen LogP contribution in [-0.4, -0.2) is 45.7 Å². The zero-order chi connectivity index (χ0) is 25.8. The van der Waals surface area contributed by atoms with Crippen LogP contribution >= 0.6 is 22.9 Å². The van der Waals surface area contributed by atoms with Gasteiger partial charge in [-0.05, 0) is 50.2 Å². The number of carboxylic acid groups (broad SMARTS) is 1. The maximum atomic E-state index is 13.5. The van der Waals surface area contributed by atoms with Gasteiger partial charge in [-0.2, -0.15) is 0 Å². The number of carbonyl (C=O) groups is 2. The van der Waals surface area contributed by atoms with Crippen molar-refractivity contribution in [1.82, 2.24) is 0 Å². The number of carbonyl (C=O) groups excluding carboxylic acids is 1. The molecule has 1 aromatic heterocycles. The molecule has 3 aromatic rings. The number of ether oxygens (including phenoxy) is 2. The normalized spacial score (nSPS) is 11.1. The number of hydrogen-bond acceptors (Lipinski definition) is 7. The third kappa shape index (κ3) is 5.87. The van der Waals surface area contributed by atoms with Gasteiger partial charge in [-0.25, -0.2) is 13.2 Å². The van der Waals surface area contributed by atoms with E-state index in [0.717, 1.165) is 15.6 Å². The number of benzene rings is 2. The number of sulfonamides is 1. The Labute approximate surface area is 211 Å². The minimum atomic E-state index is -4.21. The van der Waals surface area contributed by atoms with Crippen molar-refractivity contribution in [3.8, 4) is 11.5 Å². The van der Waals surface area contributed by atoms with Gasteiger partial charge in [0.1, 0.15) is 9.77 Å². The molecule has 0 bridgehead atoms. The number of rotatable bonds is 10. The summed E-state index contributed by atoms with van der Waals surface area (Å²) in [5, 5.41) is 11.7. The number of hydrogen-bond donors (Lipinski definition) is 2. The lowest BCUT2D eigenvalue weighted by atomic mass is 10.2. The van der Waals surface area contributed by atoms with E-state index in [4.69, 9.17) is 26.2 Å². The van der Waals surface area contributed by atoms with Crippen molar-refractivity contribution in [1.29, 1.82) is 0 Å². The molecule has 0 aliphatic carbocycles. The first-order valence-electron chi connectivity index (χ1n) is 10.4. The van der Waals surface area contributed by atoms with Crippen LogP contribution in [0.2, 0.25) is 4.34 Å². The molecule has 186 valence electrons. The lowest BCUT2D eigenvalue weighted by Crippen LogP contribution is -2.28. The maximum absolute atomic E-state index is 13.5. The predicted octanol–water partition coefficient (Wildman–Crippen LogP) is 4.97. The monoisotopic (exact) mass is 538 g/mol. The van der Waals surface area contributed by atoms with Gasteiger partial charge in [-0.15, -0.1) is 11.3 Å². The number of aromatic carboxylic acids is 1. The fourth-order valence-corrected chi connectivity index (χ4v) is 6.01. The topological polar surface area (TPSA) is 122 Å². The Bertz CT molecular complexity index is 1360. The SMILES string of the molecule is CCOc1ccc(N(C)S(=O)(=O)c2cc(Cl)sc2C(=O)Nc2cccc(C(=O)O)c2)cc1OCC. The number of carboxylic acids is 1. The van der Waals surface area contributed by atoms with Crippen molar-refractivity contribution in [2.24, 2.45) is 0 Å². The van der Waals surface area contributed by atoms with Gasteiger partial charge in [0, 0.05) is 18.8 Å². The van der Waals surface area contributed by atoms with Crippen molar-refractivity contribution < 1.29 is 32.6 Å². The van der Waals surface area contributed by atoms with Crippen LogP contribution < -0.4 is 19.1 Å². The minimum Gasteiger partial charge on any atom is -0.490 e. The number of amides is 1. The first kappa shape index (κ1) is 26.3. The van der Waals surface area contributed by atoms with Crippen LogP contribution in [0.1, 0.15) is 33.9 Å². The van der Waals surface area contributed by atoms with Gasteiger partial charge >= 0.3 is 5.97 Å². The summed E-state index contributed by atoms with van der Waals surface area (Å²) in [6.07, 6.45) is 0. The molecular weight excluding hydrogens is 516 g/mol. The van der Waals surface area contributed by atoms with Crippen LogP contribution in [0.25, 0.3) is 0 Å². The van der Waals surface area contributed by atoms with Gasteiger partial charge in [0.25, 0.3) is 15.9 Å². The van der Waals surface area contributed by atoms with Crippen molar-refractivity contribution in [2.75, 3.05) is 29.9 Å². The standard InChI is InChI=1S/C23H23ClN2O7S2/c1-4-32-17-10-9-16(12-18(17)33-5-2)26(3)35(30,31)19-13-20(24)34-21(19)22(27)25-15-8-6-7-14(11-15)23(28)29/h6-13H,4-5H2,1-3H3,(H,25,27)(H,28,29). The zero-order valence-electron chi connectivity index (χ0n) is 19.1. The van der Waals surface area contributed by atoms with Crippen molar-refractivity contribution in [3.05, 3.63) is 63.3 Å². The summed E-state index contributed by atoms with van der Waals surface area (Å²) >= 11 is 6.90. The number of nitrogens with zero attached hydrogens (tertiary/aromatic N) is 1. The molecule has 9 nitrogen and oxygen atoms in total. The summed E-state index contributed by atoms with van der Waals surface area (Å²) in [5.41, 5.74) is 0.462. The summed E-state index contributed by atoms with van der Waals surface area (Å²) in [4.78, 5) is 23.7. The van der Waals surface area contributed by atoms with Gasteiger partial charge in [0.15, 0.2) is 11.5 Å². The highest BCUT2D eigenvalue weighted by atomic mass is 35.5. The lowest BCUT2D eigenvalue weighted by molar-refractivity contribution is 0.0696. The van der Waals surface area contributed by atoms with E-state index in [0.29, 0.717) is 30.4 Å². The van der Waals surface area contributed by atoms with Gasteiger partial charge < -0.3 is 19.9 Å². The maximum Gasteiger partial charge on any atom is 0.335 e. The molecule has 2 aromatic carbocycles. The summed E-state index contributed by atoms with van der Waals surface area (Å²) in [6.45, 7) is 4.39. The molecule has 3 rings (SSSR count). The molecule has 0 unspecified atom stereocenters. The van der Waals surface area contributed by atoms with Crippen LogP contribution in [0.4, 0.5) is 11.4 Å². The Balaban J connectivity index is 1.95. The third-order valence-corrected chi connectivity index (χ3v) is 7.97. The van der Waals surface area contributed by atoms with Crippen LogP contribution in [0.3, 0.4) is 0 Å². The molecule has 35 heavy (non-hydrogen) atoms. The van der Waals surface area contributed by atoms with Crippen LogP contribution in [0.5, 0.6) is 11.5 Å². The smallest absolute Gasteiger partial charge is 0.335 e. The first-order valence-corrected chi connectivity index (χ1v) is 13.0. The third-order valence-electron chi connectivity index (χ3n) is 4.77. The molecule has 0 aliphatic heterocycles. The lowest BCUT2D eigenvalue weighted by Gasteiger charge is -2.21. The van der Waals surface area contributed by atoms with E-state index in [2.05, 4.69) is 5.32 Å². The molecule has 0 aliphatic rings. The first-order chi connectivity index (χ1) is 16.6. The van der Waals surface area contributed by atoms with E-state index in [1.54, 1.807) is 19.1 Å². The molecule has 0 radical (unpaired) electrons. The number of nitrogens with one attached hydrogen (secondary N) is 1. The van der Waals surface area contributed by atoms with Crippen molar-refractivity contribution in [3.63, 3.8) is 0 Å². The summed E-state index contributed by atoms with van der Waals surface area (Å²) < 4.78 is 39.2. The molecule has 1 amide bonds. The molecule has 0 atom stereocenters. The molecule has 0 spiro atoms. The van der Waals surface area contributed by atoms with Gasteiger partial charge in [-0.1, -0.05) is 17.7 Å². The zero-order valence-corrected chi connectivity index (χ0v) is 21.5. The van der Waals surface area contributed by atoms with E-state index in [-0.39, 0.29) is 25.4 Å². The van der Waals surface area contributed by atoms with E-state index >= 15 is 0 Å². The van der Waals surface area contributed by atoms with E-state index < -0.39 is 21.9 Å². The Kier molecular flexibility index (Phi) is 8.26. The molecular formula is C23H23ClN2O7S2. The Morgan fingerprint density at radius 1 is 1.06 bits per heavy atom. The second-order valence-corrected chi connectivity index (χ2v) is 10.7. The molecule has 1 heterocycles. The van der Waals surface area contributed by atoms with Gasteiger partial charge in [0.05, 0.1) is 28.8 Å². The highest BCUT2D eigenvalue weighted by Crippen LogP contribution is 2.37. The average molecular weight is 539 g/mol. The van der Waals surface area contributed by atoms with Crippen LogP contribution in [0, 0.1) is 0 Å². The minimum absolute atomic E-state index is 0.0276. The van der Waals surface area contributed by atoms with E-state index in [1.165, 1.54) is 43.4 Å². The molecule has 0 saturated carbocycles. The molecule has 0 fully saturated rings. The average Bonchev–Trinajstić information content (AvgIpc) is 3.23. The van der Waals surface area contributed by atoms with Crippen molar-refractivity contribution >= 4 is 56.2 Å². The Hall–Kier alpha value is -3.28. The Morgan fingerprint density at radius 3 is 2.40 bits per heavy atom. The van der Waals surface area contributed by atoms with Crippen LogP contribution in [-0.2, 0) is 10.0 Å². The summed E-state index contributed by atoms with van der Waals surface area (Å²) in [5.74, 6) is -1.04. The number of thiophene rings is 1. The van der Waals surface area contributed by atoms with E-state index in [9.17, 15) is 18.0 Å². The van der Waals surface area contributed by atoms with Crippen LogP contribution in [0.15, 0.2) is 53.4 Å². The molecule has 0 saturated heterocycles. The van der Waals surface area contributed by atoms with Gasteiger partial charge in [0.2, 0.25) is 0 Å². The van der Waals surface area contributed by atoms with Crippen molar-refractivity contribution in [2.45, 2.75) is 18.7 Å². The summed E-state index contributed by atoms with van der Waals surface area (Å²) in [6, 6.07) is 11.5. The summed E-state index contributed by atoms with van der Waals surface area (Å²) in [7, 11) is -2.86. The second kappa shape index (κ2) is 11.0. The fraction of sp³-hybridized carbons (Fsp3) is 0.217. The predicted molar refractivity (Wildman–Crippen MR) is 135 cm³/mol. The molecule has 2 N–H and O–H groups in total. The number of anilines is 2. The fourth-order valence-electron chi connectivity index (χ4n) is 3.14. The highest BCUT2D eigenvalue weighted by Gasteiger charge is 2.30.